The van der Waals surface area contributed by atoms with E-state index in [2.05, 4.69) is 35.8 Å². The fourth-order valence-corrected chi connectivity index (χ4v) is 2.82. The lowest BCUT2D eigenvalue weighted by Gasteiger charge is -2.22. The maximum atomic E-state index is 12.3. The van der Waals surface area contributed by atoms with E-state index in [1.807, 2.05) is 17.0 Å². The number of rotatable bonds is 3. The van der Waals surface area contributed by atoms with Gasteiger partial charge in [-0.05, 0) is 42.5 Å². The van der Waals surface area contributed by atoms with Gasteiger partial charge in [0.05, 0.1) is 6.04 Å². The summed E-state index contributed by atoms with van der Waals surface area (Å²) in [7, 11) is 0. The van der Waals surface area contributed by atoms with Gasteiger partial charge in [0.2, 0.25) is 5.91 Å². The molecule has 0 spiro atoms. The van der Waals surface area contributed by atoms with E-state index in [-0.39, 0.29) is 11.9 Å². The Morgan fingerprint density at radius 3 is 2.89 bits per heavy atom. The van der Waals surface area contributed by atoms with Gasteiger partial charge in [0.25, 0.3) is 0 Å². The summed E-state index contributed by atoms with van der Waals surface area (Å²) in [6.07, 6.45) is 1.65. The first-order chi connectivity index (χ1) is 8.49. The van der Waals surface area contributed by atoms with Gasteiger partial charge < -0.3 is 10.6 Å². The molecule has 4 heteroatoms. The molecule has 1 aliphatic heterocycles. The lowest BCUT2D eigenvalue weighted by atomic mass is 10.0. The molecule has 0 unspecified atom stereocenters. The number of amides is 1. The number of anilines is 1. The molecular formula is C14H19BrN2O. The van der Waals surface area contributed by atoms with E-state index in [0.717, 1.165) is 29.5 Å². The smallest absolute Gasteiger partial charge is 0.243 e. The van der Waals surface area contributed by atoms with Gasteiger partial charge in [-0.15, -0.1) is 0 Å². The van der Waals surface area contributed by atoms with Crippen molar-refractivity contribution in [1.82, 2.24) is 0 Å². The van der Waals surface area contributed by atoms with E-state index in [0.29, 0.717) is 5.92 Å². The van der Waals surface area contributed by atoms with E-state index in [1.165, 1.54) is 5.56 Å². The molecule has 0 aliphatic carbocycles. The highest BCUT2D eigenvalue weighted by molar-refractivity contribution is 9.10. The van der Waals surface area contributed by atoms with Crippen molar-refractivity contribution in [2.75, 3.05) is 11.4 Å². The van der Waals surface area contributed by atoms with Crippen molar-refractivity contribution in [2.45, 2.75) is 32.7 Å². The minimum atomic E-state index is -0.389. The number of carbonyl (C=O) groups excluding carboxylic acids is 1. The van der Waals surface area contributed by atoms with Crippen LogP contribution in [0.4, 0.5) is 5.69 Å². The number of nitrogens with zero attached hydrogens (tertiary/aromatic N) is 1. The maximum Gasteiger partial charge on any atom is 0.243 e. The normalized spacial score (nSPS) is 15.9. The number of halogens is 1. The number of hydrogen-bond acceptors (Lipinski definition) is 2. The molecule has 1 heterocycles. The first-order valence-corrected chi connectivity index (χ1v) is 7.13. The quantitative estimate of drug-likeness (QED) is 0.933. The molecule has 0 aromatic heterocycles. The highest BCUT2D eigenvalue weighted by Crippen LogP contribution is 2.31. The third kappa shape index (κ3) is 2.75. The van der Waals surface area contributed by atoms with Crippen molar-refractivity contribution < 1.29 is 4.79 Å². The molecule has 1 amide bonds. The summed E-state index contributed by atoms with van der Waals surface area (Å²) in [6.45, 7) is 4.92. The van der Waals surface area contributed by atoms with Crippen LogP contribution >= 0.6 is 15.9 Å². The SMILES string of the molecule is CC(C)C[C@H](N)C(=O)N1CCc2cc(Br)ccc21. The number of benzene rings is 1. The van der Waals surface area contributed by atoms with E-state index in [4.69, 9.17) is 5.73 Å². The fraction of sp³-hybridized carbons (Fsp3) is 0.500. The number of hydrogen-bond donors (Lipinski definition) is 1. The second kappa shape index (κ2) is 5.41. The Morgan fingerprint density at radius 1 is 1.50 bits per heavy atom. The van der Waals surface area contributed by atoms with Crippen molar-refractivity contribution in [2.24, 2.45) is 11.7 Å². The molecule has 0 fully saturated rings. The van der Waals surface area contributed by atoms with Gasteiger partial charge in [-0.25, -0.2) is 0 Å². The molecule has 0 saturated heterocycles. The Balaban J connectivity index is 2.15. The van der Waals surface area contributed by atoms with Crippen LogP contribution in [0.3, 0.4) is 0 Å². The summed E-state index contributed by atoms with van der Waals surface area (Å²) >= 11 is 3.46. The van der Waals surface area contributed by atoms with Gasteiger partial charge in [0.15, 0.2) is 0 Å². The number of fused-ring (bicyclic) bond motifs is 1. The zero-order chi connectivity index (χ0) is 13.3. The van der Waals surface area contributed by atoms with Crippen LogP contribution in [0.15, 0.2) is 22.7 Å². The topological polar surface area (TPSA) is 46.3 Å². The van der Waals surface area contributed by atoms with Gasteiger partial charge in [0, 0.05) is 16.7 Å². The summed E-state index contributed by atoms with van der Waals surface area (Å²) in [6, 6.07) is 5.65. The highest BCUT2D eigenvalue weighted by atomic mass is 79.9. The Morgan fingerprint density at radius 2 is 2.22 bits per heavy atom. The summed E-state index contributed by atoms with van der Waals surface area (Å²) in [5, 5.41) is 0. The van der Waals surface area contributed by atoms with Crippen LogP contribution in [0.25, 0.3) is 0 Å². The monoisotopic (exact) mass is 310 g/mol. The molecular weight excluding hydrogens is 292 g/mol. The molecule has 0 bridgehead atoms. The predicted molar refractivity (Wildman–Crippen MR) is 77.6 cm³/mol. The molecule has 1 atom stereocenters. The van der Waals surface area contributed by atoms with Crippen LogP contribution in [-0.4, -0.2) is 18.5 Å². The molecule has 3 nitrogen and oxygen atoms in total. The van der Waals surface area contributed by atoms with Gasteiger partial charge in [-0.2, -0.15) is 0 Å². The summed E-state index contributed by atoms with van der Waals surface area (Å²) in [5.74, 6) is 0.487. The highest BCUT2D eigenvalue weighted by Gasteiger charge is 2.28. The molecule has 2 rings (SSSR count). The largest absolute Gasteiger partial charge is 0.320 e. The van der Waals surface area contributed by atoms with Crippen molar-refractivity contribution >= 4 is 27.5 Å². The standard InChI is InChI=1S/C14H19BrN2O/c1-9(2)7-12(16)14(18)17-6-5-10-8-11(15)3-4-13(10)17/h3-4,8-9,12H,5-7,16H2,1-2H3/t12-/m0/s1. The van der Waals surface area contributed by atoms with Crippen LogP contribution in [0, 0.1) is 5.92 Å². The van der Waals surface area contributed by atoms with E-state index in [9.17, 15) is 4.79 Å². The Labute approximate surface area is 116 Å². The zero-order valence-electron chi connectivity index (χ0n) is 10.8. The average molecular weight is 311 g/mol. The third-order valence-corrected chi connectivity index (χ3v) is 3.74. The zero-order valence-corrected chi connectivity index (χ0v) is 12.4. The molecule has 98 valence electrons. The Bertz CT molecular complexity index is 459. The number of carbonyl (C=O) groups is 1. The average Bonchev–Trinajstić information content (AvgIpc) is 2.69. The summed E-state index contributed by atoms with van der Waals surface area (Å²) in [5.41, 5.74) is 8.22. The van der Waals surface area contributed by atoms with Gasteiger partial charge in [0.1, 0.15) is 0 Å². The van der Waals surface area contributed by atoms with Gasteiger partial charge in [-0.1, -0.05) is 29.8 Å². The van der Waals surface area contributed by atoms with Crippen LogP contribution in [0.2, 0.25) is 0 Å². The van der Waals surface area contributed by atoms with Crippen LogP contribution in [-0.2, 0) is 11.2 Å². The summed E-state index contributed by atoms with van der Waals surface area (Å²) in [4.78, 5) is 14.1. The van der Waals surface area contributed by atoms with Crippen LogP contribution in [0.1, 0.15) is 25.8 Å². The lowest BCUT2D eigenvalue weighted by Crippen LogP contribution is -2.43. The minimum Gasteiger partial charge on any atom is -0.320 e. The fourth-order valence-electron chi connectivity index (χ4n) is 2.41. The second-order valence-corrected chi connectivity index (χ2v) is 6.16. The van der Waals surface area contributed by atoms with Gasteiger partial charge in [-0.3, -0.25) is 4.79 Å². The van der Waals surface area contributed by atoms with Crippen molar-refractivity contribution in [3.63, 3.8) is 0 Å². The van der Waals surface area contributed by atoms with Crippen molar-refractivity contribution in [3.05, 3.63) is 28.2 Å². The summed E-state index contributed by atoms with van der Waals surface area (Å²) < 4.78 is 1.06. The van der Waals surface area contributed by atoms with Crippen LogP contribution < -0.4 is 10.6 Å². The predicted octanol–water partition coefficient (Wildman–Crippen LogP) is 2.71. The van der Waals surface area contributed by atoms with Crippen LogP contribution in [0.5, 0.6) is 0 Å². The molecule has 1 aromatic carbocycles. The second-order valence-electron chi connectivity index (χ2n) is 5.25. The maximum absolute atomic E-state index is 12.3. The first-order valence-electron chi connectivity index (χ1n) is 6.34. The molecule has 1 aliphatic rings. The molecule has 0 radical (unpaired) electrons. The number of nitrogens with two attached hydrogens (primary N) is 1. The molecule has 0 saturated carbocycles. The van der Waals surface area contributed by atoms with E-state index >= 15 is 0 Å². The van der Waals surface area contributed by atoms with Gasteiger partial charge >= 0.3 is 0 Å². The first kappa shape index (κ1) is 13.6. The molecule has 1 aromatic rings. The molecule has 2 N–H and O–H groups in total. The Kier molecular flexibility index (Phi) is 4.07. The van der Waals surface area contributed by atoms with E-state index in [1.54, 1.807) is 0 Å². The molecule has 18 heavy (non-hydrogen) atoms. The minimum absolute atomic E-state index is 0.0461. The van der Waals surface area contributed by atoms with Crippen molar-refractivity contribution in [1.29, 1.82) is 0 Å². The third-order valence-electron chi connectivity index (χ3n) is 3.25. The van der Waals surface area contributed by atoms with Crippen molar-refractivity contribution in [3.8, 4) is 0 Å². The van der Waals surface area contributed by atoms with E-state index < -0.39 is 0 Å². The lowest BCUT2D eigenvalue weighted by molar-refractivity contribution is -0.120. The Hall–Kier alpha value is -0.870.